The molecule has 1 N–H and O–H groups in total. The zero-order valence-corrected chi connectivity index (χ0v) is 12.9. The van der Waals surface area contributed by atoms with Crippen molar-refractivity contribution in [2.45, 2.75) is 0 Å². The highest BCUT2D eigenvalue weighted by Crippen LogP contribution is 2.32. The zero-order valence-electron chi connectivity index (χ0n) is 11.3. The summed E-state index contributed by atoms with van der Waals surface area (Å²) in [5.74, 6) is 0.541. The normalized spacial score (nSPS) is 12.6. The van der Waals surface area contributed by atoms with Gasteiger partial charge in [-0.3, -0.25) is 4.79 Å². The smallest absolute Gasteiger partial charge is 0.231 e. The lowest BCUT2D eigenvalue weighted by molar-refractivity contribution is 0.104. The van der Waals surface area contributed by atoms with E-state index >= 15 is 0 Å². The number of benzene rings is 2. The molecule has 0 saturated carbocycles. The van der Waals surface area contributed by atoms with E-state index < -0.39 is 5.82 Å². The molecule has 1 heterocycles. The number of rotatable bonds is 4. The number of ether oxygens (including phenoxy) is 2. The number of carbonyl (C=O) groups excluding carboxylic acids is 1. The number of nitrogens with one attached hydrogen (secondary N) is 1. The van der Waals surface area contributed by atoms with Crippen LogP contribution in [0.4, 0.5) is 10.1 Å². The van der Waals surface area contributed by atoms with Gasteiger partial charge in [-0.1, -0.05) is 15.9 Å². The van der Waals surface area contributed by atoms with E-state index in [-0.39, 0.29) is 18.3 Å². The quantitative estimate of drug-likeness (QED) is 0.655. The maximum atomic E-state index is 13.6. The van der Waals surface area contributed by atoms with E-state index in [0.717, 1.165) is 0 Å². The molecular formula is C16H11BrFNO3. The minimum absolute atomic E-state index is 0.160. The third-order valence-electron chi connectivity index (χ3n) is 3.06. The fourth-order valence-corrected chi connectivity index (χ4v) is 2.29. The molecule has 2 aromatic carbocycles. The molecule has 0 aromatic heterocycles. The van der Waals surface area contributed by atoms with Gasteiger partial charge < -0.3 is 14.8 Å². The molecular weight excluding hydrogens is 353 g/mol. The van der Waals surface area contributed by atoms with E-state index in [0.29, 0.717) is 21.5 Å². The molecule has 0 amide bonds. The fourth-order valence-electron chi connectivity index (χ4n) is 1.96. The fraction of sp³-hybridized carbons (Fsp3) is 0.0625. The lowest BCUT2D eigenvalue weighted by Crippen LogP contribution is -1.97. The van der Waals surface area contributed by atoms with E-state index in [4.69, 9.17) is 9.47 Å². The van der Waals surface area contributed by atoms with Crippen molar-refractivity contribution in [2.75, 3.05) is 12.1 Å². The van der Waals surface area contributed by atoms with Gasteiger partial charge in [0.05, 0.1) is 5.69 Å². The lowest BCUT2D eigenvalue weighted by atomic mass is 10.1. The number of allylic oxidation sites excluding steroid dienone is 1. The number of fused-ring (bicyclic) bond motifs is 1. The van der Waals surface area contributed by atoms with Crippen molar-refractivity contribution in [1.82, 2.24) is 0 Å². The van der Waals surface area contributed by atoms with Crippen LogP contribution in [0.25, 0.3) is 0 Å². The summed E-state index contributed by atoms with van der Waals surface area (Å²) < 4.78 is 24.7. The Kier molecular flexibility index (Phi) is 4.11. The summed E-state index contributed by atoms with van der Waals surface area (Å²) in [6, 6.07) is 9.59. The highest BCUT2D eigenvalue weighted by molar-refractivity contribution is 9.10. The molecule has 22 heavy (non-hydrogen) atoms. The first kappa shape index (κ1) is 14.6. The van der Waals surface area contributed by atoms with E-state index in [1.165, 1.54) is 18.3 Å². The van der Waals surface area contributed by atoms with Crippen LogP contribution in [0.1, 0.15) is 10.4 Å². The van der Waals surface area contributed by atoms with Crippen molar-refractivity contribution in [3.05, 3.63) is 64.5 Å². The van der Waals surface area contributed by atoms with Crippen molar-refractivity contribution in [2.24, 2.45) is 0 Å². The summed E-state index contributed by atoms with van der Waals surface area (Å²) in [6.07, 6.45) is 2.73. The topological polar surface area (TPSA) is 47.6 Å². The Bertz CT molecular complexity index is 761. The van der Waals surface area contributed by atoms with Gasteiger partial charge in [-0.2, -0.15) is 0 Å². The number of anilines is 1. The SMILES string of the molecule is O=C(C=CNc1ccc(Br)cc1F)c1ccc2c(c1)OCO2. The average molecular weight is 364 g/mol. The molecule has 0 fully saturated rings. The van der Waals surface area contributed by atoms with Crippen molar-refractivity contribution < 1.29 is 18.7 Å². The predicted molar refractivity (Wildman–Crippen MR) is 83.8 cm³/mol. The van der Waals surface area contributed by atoms with E-state index in [9.17, 15) is 9.18 Å². The molecule has 0 radical (unpaired) electrons. The average Bonchev–Trinajstić information content (AvgIpc) is 2.96. The first-order valence-electron chi connectivity index (χ1n) is 6.45. The summed E-state index contributed by atoms with van der Waals surface area (Å²) in [5.41, 5.74) is 0.761. The van der Waals surface area contributed by atoms with Crippen LogP contribution in [0.15, 0.2) is 53.1 Å². The maximum absolute atomic E-state index is 13.6. The second-order valence-corrected chi connectivity index (χ2v) is 5.45. The number of hydrogen-bond acceptors (Lipinski definition) is 4. The Balaban J connectivity index is 1.68. The van der Waals surface area contributed by atoms with Crippen LogP contribution in [0, 0.1) is 5.82 Å². The Labute approximate surface area is 134 Å². The van der Waals surface area contributed by atoms with Crippen molar-refractivity contribution in [1.29, 1.82) is 0 Å². The second kappa shape index (κ2) is 6.19. The Morgan fingerprint density at radius 1 is 1.18 bits per heavy atom. The van der Waals surface area contributed by atoms with Crippen molar-refractivity contribution in [3.8, 4) is 11.5 Å². The first-order valence-corrected chi connectivity index (χ1v) is 7.25. The van der Waals surface area contributed by atoms with Crippen LogP contribution < -0.4 is 14.8 Å². The highest BCUT2D eigenvalue weighted by Gasteiger charge is 2.15. The number of hydrogen-bond donors (Lipinski definition) is 1. The van der Waals surface area contributed by atoms with Gasteiger partial charge in [-0.05, 0) is 36.4 Å². The van der Waals surface area contributed by atoms with Crippen LogP contribution in [0.3, 0.4) is 0 Å². The molecule has 6 heteroatoms. The summed E-state index contributed by atoms with van der Waals surface area (Å²) in [6.45, 7) is 0.160. The molecule has 0 spiro atoms. The van der Waals surface area contributed by atoms with Gasteiger partial charge in [0.25, 0.3) is 0 Å². The largest absolute Gasteiger partial charge is 0.454 e. The molecule has 1 aliphatic rings. The standard InChI is InChI=1S/C16H11BrFNO3/c17-11-2-3-13(12(18)8-11)19-6-5-14(20)10-1-4-15-16(7-10)22-9-21-15/h1-8,19H,9H2. The minimum atomic E-state index is -0.408. The third-order valence-corrected chi connectivity index (χ3v) is 3.56. The van der Waals surface area contributed by atoms with E-state index in [1.807, 2.05) is 0 Å². The molecule has 0 bridgehead atoms. The van der Waals surface area contributed by atoms with Gasteiger partial charge >= 0.3 is 0 Å². The monoisotopic (exact) mass is 363 g/mol. The minimum Gasteiger partial charge on any atom is -0.454 e. The zero-order chi connectivity index (χ0) is 15.5. The van der Waals surface area contributed by atoms with Crippen LogP contribution >= 0.6 is 15.9 Å². The van der Waals surface area contributed by atoms with E-state index in [2.05, 4.69) is 21.2 Å². The Morgan fingerprint density at radius 2 is 2.00 bits per heavy atom. The van der Waals surface area contributed by atoms with Gasteiger partial charge in [0.1, 0.15) is 5.82 Å². The summed E-state index contributed by atoms with van der Waals surface area (Å²) in [7, 11) is 0. The van der Waals surface area contributed by atoms with Gasteiger partial charge in [0.2, 0.25) is 6.79 Å². The van der Waals surface area contributed by atoms with Crippen molar-refractivity contribution >= 4 is 27.4 Å². The van der Waals surface area contributed by atoms with Crippen LogP contribution in [0.5, 0.6) is 11.5 Å². The van der Waals surface area contributed by atoms with Crippen LogP contribution in [-0.4, -0.2) is 12.6 Å². The van der Waals surface area contributed by atoms with Gasteiger partial charge in [0.15, 0.2) is 17.3 Å². The molecule has 2 aromatic rings. The molecule has 1 aliphatic heterocycles. The van der Waals surface area contributed by atoms with Gasteiger partial charge in [0, 0.05) is 22.3 Å². The third kappa shape index (κ3) is 3.12. The second-order valence-electron chi connectivity index (χ2n) is 4.53. The summed E-state index contributed by atoms with van der Waals surface area (Å²) in [5, 5.41) is 2.74. The predicted octanol–water partition coefficient (Wildman–Crippen LogP) is 4.13. The maximum Gasteiger partial charge on any atom is 0.231 e. The molecule has 4 nitrogen and oxygen atoms in total. The van der Waals surface area contributed by atoms with Crippen LogP contribution in [0.2, 0.25) is 0 Å². The molecule has 0 atom stereocenters. The summed E-state index contributed by atoms with van der Waals surface area (Å²) >= 11 is 3.18. The molecule has 0 saturated heterocycles. The van der Waals surface area contributed by atoms with Crippen LogP contribution in [-0.2, 0) is 0 Å². The molecule has 3 rings (SSSR count). The van der Waals surface area contributed by atoms with Gasteiger partial charge in [-0.25, -0.2) is 4.39 Å². The Morgan fingerprint density at radius 3 is 2.82 bits per heavy atom. The highest BCUT2D eigenvalue weighted by atomic mass is 79.9. The number of carbonyl (C=O) groups is 1. The Hall–Kier alpha value is -2.34. The molecule has 0 unspecified atom stereocenters. The molecule has 0 aliphatic carbocycles. The first-order chi connectivity index (χ1) is 10.6. The van der Waals surface area contributed by atoms with Gasteiger partial charge in [-0.15, -0.1) is 0 Å². The lowest BCUT2D eigenvalue weighted by Gasteiger charge is -2.03. The van der Waals surface area contributed by atoms with Crippen molar-refractivity contribution in [3.63, 3.8) is 0 Å². The summed E-state index contributed by atoms with van der Waals surface area (Å²) in [4.78, 5) is 12.0. The number of halogens is 2. The molecule has 112 valence electrons. The number of ketones is 1. The van der Waals surface area contributed by atoms with E-state index in [1.54, 1.807) is 30.3 Å².